The average molecular weight is 297 g/mol. The van der Waals surface area contributed by atoms with E-state index in [1.165, 1.54) is 25.7 Å². The van der Waals surface area contributed by atoms with E-state index in [0.717, 1.165) is 31.3 Å². The molecule has 1 aromatic rings. The molecule has 1 heterocycles. The highest BCUT2D eigenvalue weighted by atomic mass is 16.5. The third kappa shape index (κ3) is 7.52. The first-order valence-corrected chi connectivity index (χ1v) is 8.13. The van der Waals surface area contributed by atoms with Crippen LogP contribution in [0.15, 0.2) is 0 Å². The maximum Gasteiger partial charge on any atom is 0.167 e. The van der Waals surface area contributed by atoms with Gasteiger partial charge >= 0.3 is 0 Å². The molecule has 0 spiro atoms. The van der Waals surface area contributed by atoms with Crippen molar-refractivity contribution in [2.45, 2.75) is 65.5 Å². The molecule has 0 bridgehead atoms. The number of ether oxygens (including phenoxy) is 1. The number of hydrogen-bond acceptors (Lipinski definition) is 5. The van der Waals surface area contributed by atoms with E-state index in [1.807, 2.05) is 4.68 Å². The highest BCUT2D eigenvalue weighted by molar-refractivity contribution is 4.89. The predicted molar refractivity (Wildman–Crippen MR) is 84.0 cm³/mol. The Kier molecular flexibility index (Phi) is 9.17. The van der Waals surface area contributed by atoms with E-state index < -0.39 is 0 Å². The Balaban J connectivity index is 2.24. The van der Waals surface area contributed by atoms with Gasteiger partial charge in [-0.15, -0.1) is 5.10 Å². The molecule has 21 heavy (non-hydrogen) atoms. The van der Waals surface area contributed by atoms with E-state index in [0.29, 0.717) is 6.61 Å². The van der Waals surface area contributed by atoms with Crippen LogP contribution in [0, 0.1) is 5.92 Å². The van der Waals surface area contributed by atoms with Gasteiger partial charge in [-0.3, -0.25) is 0 Å². The second-order valence-electron chi connectivity index (χ2n) is 6.03. The van der Waals surface area contributed by atoms with Crippen LogP contribution < -0.4 is 5.32 Å². The Morgan fingerprint density at radius 2 is 1.90 bits per heavy atom. The summed E-state index contributed by atoms with van der Waals surface area (Å²) in [7, 11) is 1.70. The summed E-state index contributed by atoms with van der Waals surface area (Å²) in [4.78, 5) is 0. The molecule has 122 valence electrons. The summed E-state index contributed by atoms with van der Waals surface area (Å²) in [5.41, 5.74) is 0. The van der Waals surface area contributed by atoms with Gasteiger partial charge in [-0.1, -0.05) is 39.5 Å². The number of aromatic nitrogens is 4. The lowest BCUT2D eigenvalue weighted by atomic mass is 10.0. The lowest BCUT2D eigenvalue weighted by Crippen LogP contribution is -2.25. The predicted octanol–water partition coefficient (Wildman–Crippen LogP) is 2.58. The van der Waals surface area contributed by atoms with Crippen LogP contribution in [-0.2, 0) is 11.3 Å². The van der Waals surface area contributed by atoms with Gasteiger partial charge in [0.25, 0.3) is 0 Å². The molecule has 6 nitrogen and oxygen atoms in total. The SMILES string of the molecule is COCCNC(C)c1nnnn1CCCCCCC(C)C. The van der Waals surface area contributed by atoms with Crippen LogP contribution in [0.5, 0.6) is 0 Å². The molecule has 0 aliphatic heterocycles. The summed E-state index contributed by atoms with van der Waals surface area (Å²) in [6, 6.07) is 0.149. The van der Waals surface area contributed by atoms with Gasteiger partial charge in [-0.25, -0.2) is 4.68 Å². The van der Waals surface area contributed by atoms with Gasteiger partial charge in [0.05, 0.1) is 12.6 Å². The number of rotatable bonds is 12. The van der Waals surface area contributed by atoms with E-state index in [4.69, 9.17) is 4.74 Å². The fourth-order valence-corrected chi connectivity index (χ4v) is 2.32. The van der Waals surface area contributed by atoms with Gasteiger partial charge in [0.15, 0.2) is 5.82 Å². The largest absolute Gasteiger partial charge is 0.383 e. The first-order valence-electron chi connectivity index (χ1n) is 8.13. The average Bonchev–Trinajstić information content (AvgIpc) is 2.91. The van der Waals surface area contributed by atoms with Gasteiger partial charge in [-0.05, 0) is 29.7 Å². The Labute approximate surface area is 128 Å². The minimum atomic E-state index is 0.149. The minimum Gasteiger partial charge on any atom is -0.383 e. The standard InChI is InChI=1S/C15H31N5O/c1-13(2)9-7-5-6-8-11-20-15(17-18-19-20)14(3)16-10-12-21-4/h13-14,16H,5-12H2,1-4H3. The van der Waals surface area contributed by atoms with Crippen molar-refractivity contribution < 1.29 is 4.74 Å². The smallest absolute Gasteiger partial charge is 0.167 e. The molecular weight excluding hydrogens is 266 g/mol. The number of nitrogens with one attached hydrogen (secondary N) is 1. The van der Waals surface area contributed by atoms with Crippen molar-refractivity contribution in [3.63, 3.8) is 0 Å². The second-order valence-corrected chi connectivity index (χ2v) is 6.03. The van der Waals surface area contributed by atoms with Crippen LogP contribution in [0.4, 0.5) is 0 Å². The number of nitrogens with zero attached hydrogens (tertiary/aromatic N) is 4. The number of tetrazole rings is 1. The van der Waals surface area contributed by atoms with E-state index >= 15 is 0 Å². The number of unbranched alkanes of at least 4 members (excludes halogenated alkanes) is 3. The lowest BCUT2D eigenvalue weighted by molar-refractivity contribution is 0.195. The topological polar surface area (TPSA) is 64.9 Å². The Bertz CT molecular complexity index is 367. The Morgan fingerprint density at radius 3 is 2.62 bits per heavy atom. The molecule has 0 saturated carbocycles. The summed E-state index contributed by atoms with van der Waals surface area (Å²) in [6.45, 7) is 9.05. The Morgan fingerprint density at radius 1 is 1.14 bits per heavy atom. The zero-order valence-electron chi connectivity index (χ0n) is 14.0. The first kappa shape index (κ1) is 18.0. The molecule has 1 unspecified atom stereocenters. The van der Waals surface area contributed by atoms with Crippen LogP contribution >= 0.6 is 0 Å². The maximum absolute atomic E-state index is 5.04. The quantitative estimate of drug-likeness (QED) is 0.601. The van der Waals surface area contributed by atoms with Gasteiger partial charge in [-0.2, -0.15) is 0 Å². The number of hydrogen-bond donors (Lipinski definition) is 1. The second kappa shape index (κ2) is 10.7. The summed E-state index contributed by atoms with van der Waals surface area (Å²) in [5, 5.41) is 15.4. The van der Waals surface area contributed by atoms with E-state index in [2.05, 4.69) is 41.6 Å². The van der Waals surface area contributed by atoms with Crippen molar-refractivity contribution in [2.75, 3.05) is 20.3 Å². The molecule has 1 aromatic heterocycles. The molecule has 1 N–H and O–H groups in total. The zero-order chi connectivity index (χ0) is 15.5. The monoisotopic (exact) mass is 297 g/mol. The summed E-state index contributed by atoms with van der Waals surface area (Å²) >= 11 is 0. The van der Waals surface area contributed by atoms with Gasteiger partial charge < -0.3 is 10.1 Å². The molecule has 1 atom stereocenters. The molecule has 6 heteroatoms. The van der Waals surface area contributed by atoms with Crippen molar-refractivity contribution in [1.82, 2.24) is 25.5 Å². The normalized spacial score (nSPS) is 13.0. The first-order chi connectivity index (χ1) is 10.1. The van der Waals surface area contributed by atoms with Crippen LogP contribution in [0.2, 0.25) is 0 Å². The van der Waals surface area contributed by atoms with Gasteiger partial charge in [0.2, 0.25) is 0 Å². The Hall–Kier alpha value is -1.01. The van der Waals surface area contributed by atoms with Crippen LogP contribution in [0.1, 0.15) is 64.7 Å². The lowest BCUT2D eigenvalue weighted by Gasteiger charge is -2.13. The molecule has 0 aromatic carbocycles. The molecular formula is C15H31N5O. The molecule has 0 aliphatic carbocycles. The highest BCUT2D eigenvalue weighted by Crippen LogP contribution is 2.12. The highest BCUT2D eigenvalue weighted by Gasteiger charge is 2.13. The molecule has 0 aliphatic rings. The van der Waals surface area contributed by atoms with Crippen LogP contribution in [-0.4, -0.2) is 40.5 Å². The minimum absolute atomic E-state index is 0.149. The van der Waals surface area contributed by atoms with Gasteiger partial charge in [0.1, 0.15) is 0 Å². The fourth-order valence-electron chi connectivity index (χ4n) is 2.32. The fraction of sp³-hybridized carbons (Fsp3) is 0.933. The third-order valence-electron chi connectivity index (χ3n) is 3.60. The van der Waals surface area contributed by atoms with Crippen LogP contribution in [0.3, 0.4) is 0 Å². The molecule has 0 saturated heterocycles. The number of methoxy groups -OCH3 is 1. The van der Waals surface area contributed by atoms with Crippen molar-refractivity contribution in [3.8, 4) is 0 Å². The summed E-state index contributed by atoms with van der Waals surface area (Å²) < 4.78 is 6.96. The van der Waals surface area contributed by atoms with Crippen molar-refractivity contribution >= 4 is 0 Å². The molecule has 0 fully saturated rings. The number of aryl methyl sites for hydroxylation is 1. The molecule has 0 amide bonds. The third-order valence-corrected chi connectivity index (χ3v) is 3.60. The van der Waals surface area contributed by atoms with Crippen molar-refractivity contribution in [1.29, 1.82) is 0 Å². The summed E-state index contributed by atoms with van der Waals surface area (Å²) in [6.07, 6.45) is 6.35. The zero-order valence-corrected chi connectivity index (χ0v) is 14.0. The summed E-state index contributed by atoms with van der Waals surface area (Å²) in [5.74, 6) is 1.73. The van der Waals surface area contributed by atoms with E-state index in [1.54, 1.807) is 7.11 Å². The van der Waals surface area contributed by atoms with Crippen molar-refractivity contribution in [2.24, 2.45) is 5.92 Å². The molecule has 0 radical (unpaired) electrons. The van der Waals surface area contributed by atoms with E-state index in [-0.39, 0.29) is 6.04 Å². The maximum atomic E-state index is 5.04. The van der Waals surface area contributed by atoms with E-state index in [9.17, 15) is 0 Å². The van der Waals surface area contributed by atoms with Crippen LogP contribution in [0.25, 0.3) is 0 Å². The molecule has 1 rings (SSSR count). The van der Waals surface area contributed by atoms with Gasteiger partial charge in [0, 0.05) is 20.2 Å². The van der Waals surface area contributed by atoms with Crippen molar-refractivity contribution in [3.05, 3.63) is 5.82 Å².